The summed E-state index contributed by atoms with van der Waals surface area (Å²) < 4.78 is 71.5. The molecule has 1 heterocycles. The summed E-state index contributed by atoms with van der Waals surface area (Å²) in [7, 11) is -3.41. The highest BCUT2D eigenvalue weighted by Crippen LogP contribution is 2.38. The van der Waals surface area contributed by atoms with E-state index in [1.54, 1.807) is 10.8 Å². The quantitative estimate of drug-likeness (QED) is 0.872. The van der Waals surface area contributed by atoms with Gasteiger partial charge in [-0.05, 0) is 12.1 Å². The Hall–Kier alpha value is -2.64. The van der Waals surface area contributed by atoms with Crippen molar-refractivity contribution in [1.29, 1.82) is 5.26 Å². The van der Waals surface area contributed by atoms with Gasteiger partial charge in [0, 0.05) is 18.0 Å². The van der Waals surface area contributed by atoms with Gasteiger partial charge in [0.1, 0.15) is 22.8 Å². The average molecular weight is 371 g/mol. The number of hydrogen-bond acceptors (Lipinski definition) is 5. The average Bonchev–Trinajstić information content (AvgIpc) is 2.59. The lowest BCUT2D eigenvalue weighted by molar-refractivity contribution is -0.153. The summed E-state index contributed by atoms with van der Waals surface area (Å²) >= 11 is 0. The molecule has 0 spiro atoms. The molecular weight excluding hydrogens is 359 g/mol. The Bertz CT molecular complexity index is 908. The van der Waals surface area contributed by atoms with Gasteiger partial charge in [-0.3, -0.25) is 4.98 Å². The fourth-order valence-corrected chi connectivity index (χ4v) is 3.25. The van der Waals surface area contributed by atoms with Gasteiger partial charge in [0.25, 0.3) is 0 Å². The van der Waals surface area contributed by atoms with Gasteiger partial charge in [-0.25, -0.2) is 8.42 Å². The van der Waals surface area contributed by atoms with E-state index in [4.69, 9.17) is 10.00 Å². The first-order valence-corrected chi connectivity index (χ1v) is 8.24. The van der Waals surface area contributed by atoms with E-state index in [2.05, 4.69) is 4.98 Å². The highest BCUT2D eigenvalue weighted by molar-refractivity contribution is 7.89. The van der Waals surface area contributed by atoms with Crippen molar-refractivity contribution in [3.05, 3.63) is 53.9 Å². The minimum Gasteiger partial charge on any atom is -0.496 e. The molecule has 1 N–H and O–H groups in total. The summed E-state index contributed by atoms with van der Waals surface area (Å²) in [6.45, 7) is 0. The summed E-state index contributed by atoms with van der Waals surface area (Å²) in [4.78, 5) is 3.00. The van der Waals surface area contributed by atoms with Crippen molar-refractivity contribution in [3.8, 4) is 11.8 Å². The largest absolute Gasteiger partial charge is 0.496 e. The summed E-state index contributed by atoms with van der Waals surface area (Å²) in [5.74, 6) is -0.114. The summed E-state index contributed by atoms with van der Waals surface area (Å²) in [5, 5.41) is 8.78. The first-order chi connectivity index (χ1) is 11.7. The summed E-state index contributed by atoms with van der Waals surface area (Å²) in [6, 6.07) is 5.29. The van der Waals surface area contributed by atoms with E-state index in [0.717, 1.165) is 24.5 Å². The van der Waals surface area contributed by atoms with Crippen LogP contribution in [0.5, 0.6) is 5.75 Å². The van der Waals surface area contributed by atoms with Crippen LogP contribution in [0.1, 0.15) is 17.2 Å². The van der Waals surface area contributed by atoms with Crippen LogP contribution < -0.4 is 9.46 Å². The number of nitrogens with one attached hydrogen (secondary N) is 1. The van der Waals surface area contributed by atoms with Gasteiger partial charge in [-0.1, -0.05) is 18.2 Å². The van der Waals surface area contributed by atoms with Gasteiger partial charge in [-0.2, -0.15) is 23.2 Å². The fraction of sp³-hybridized carbons (Fsp3) is 0.200. The van der Waals surface area contributed by atoms with E-state index < -0.39 is 27.1 Å². The molecule has 0 aliphatic carbocycles. The molecule has 0 bridgehead atoms. The molecule has 1 aromatic carbocycles. The van der Waals surface area contributed by atoms with Crippen molar-refractivity contribution in [2.75, 3.05) is 7.11 Å². The molecule has 6 nitrogen and oxygen atoms in total. The first kappa shape index (κ1) is 18.7. The molecule has 1 atom stereocenters. The zero-order chi connectivity index (χ0) is 18.7. The fourth-order valence-electron chi connectivity index (χ4n) is 2.06. The molecule has 0 fully saturated rings. The van der Waals surface area contributed by atoms with Crippen LogP contribution in [0.25, 0.3) is 0 Å². The summed E-state index contributed by atoms with van der Waals surface area (Å²) in [5.41, 5.74) is -0.478. The summed E-state index contributed by atoms with van der Waals surface area (Å²) in [6.07, 6.45) is -2.96. The molecule has 2 aromatic rings. The molecule has 0 saturated heterocycles. The normalized spacial score (nSPS) is 13.1. The molecular formula is C15H12F3N3O3S. The second kappa shape index (κ2) is 7.08. The van der Waals surface area contributed by atoms with Gasteiger partial charge in [0.05, 0.1) is 12.7 Å². The Morgan fingerprint density at radius 3 is 2.56 bits per heavy atom. The number of nitrogens with zero attached hydrogens (tertiary/aromatic N) is 2. The maximum atomic E-state index is 13.5. The highest BCUT2D eigenvalue weighted by atomic mass is 32.2. The monoisotopic (exact) mass is 371 g/mol. The van der Waals surface area contributed by atoms with E-state index in [1.165, 1.54) is 25.3 Å². The van der Waals surface area contributed by atoms with E-state index in [1.807, 2.05) is 0 Å². The zero-order valence-electron chi connectivity index (χ0n) is 12.8. The number of ether oxygens (including phenoxy) is 1. The minimum absolute atomic E-state index is 0.0938. The van der Waals surface area contributed by atoms with Crippen molar-refractivity contribution in [1.82, 2.24) is 9.71 Å². The lowest BCUT2D eigenvalue weighted by Gasteiger charge is -2.23. The Labute approximate surface area is 141 Å². The lowest BCUT2D eigenvalue weighted by atomic mass is 10.1. The number of pyridine rings is 1. The smallest absolute Gasteiger partial charge is 0.409 e. The number of benzene rings is 1. The molecule has 25 heavy (non-hydrogen) atoms. The number of nitriles is 1. The van der Waals surface area contributed by atoms with Gasteiger partial charge in [-0.15, -0.1) is 0 Å². The minimum atomic E-state index is -4.91. The number of rotatable bonds is 5. The van der Waals surface area contributed by atoms with Crippen LogP contribution in [-0.2, 0) is 10.0 Å². The number of hydrogen-bond donors (Lipinski definition) is 1. The number of halogens is 3. The maximum absolute atomic E-state index is 13.5. The van der Waals surface area contributed by atoms with Gasteiger partial charge in [0.15, 0.2) is 0 Å². The van der Waals surface area contributed by atoms with Crippen molar-refractivity contribution in [2.24, 2.45) is 0 Å². The standard InChI is InChI=1S/C15H12F3N3O3S/c1-24-13-5-3-2-4-12(13)14(15(16,17)18)21-25(22,23)11-6-10(7-19)8-20-9-11/h2-6,8-9,14,21H,1H3. The second-order valence-corrected chi connectivity index (χ2v) is 6.57. The van der Waals surface area contributed by atoms with Crippen molar-refractivity contribution < 1.29 is 26.3 Å². The van der Waals surface area contributed by atoms with E-state index in [0.29, 0.717) is 0 Å². The highest BCUT2D eigenvalue weighted by Gasteiger charge is 2.44. The number of alkyl halides is 3. The first-order valence-electron chi connectivity index (χ1n) is 6.76. The number of para-hydroxylation sites is 1. The SMILES string of the molecule is COc1ccccc1C(NS(=O)(=O)c1cncc(C#N)c1)C(F)(F)F. The molecule has 0 amide bonds. The van der Waals surface area contributed by atoms with Crippen LogP contribution in [-0.4, -0.2) is 26.7 Å². The predicted molar refractivity (Wildman–Crippen MR) is 81.1 cm³/mol. The molecule has 0 radical (unpaired) electrons. The van der Waals surface area contributed by atoms with Gasteiger partial charge >= 0.3 is 6.18 Å². The molecule has 1 unspecified atom stereocenters. The van der Waals surface area contributed by atoms with Crippen LogP contribution in [0, 0.1) is 11.3 Å². The molecule has 0 aliphatic rings. The van der Waals surface area contributed by atoms with E-state index in [9.17, 15) is 21.6 Å². The molecule has 1 aromatic heterocycles. The maximum Gasteiger partial charge on any atom is 0.409 e. The van der Waals surface area contributed by atoms with Crippen LogP contribution in [0.2, 0.25) is 0 Å². The molecule has 0 saturated carbocycles. The third kappa shape index (κ3) is 4.26. The second-order valence-electron chi connectivity index (χ2n) is 4.86. The Morgan fingerprint density at radius 2 is 1.96 bits per heavy atom. The third-order valence-electron chi connectivity index (χ3n) is 3.20. The van der Waals surface area contributed by atoms with Crippen LogP contribution in [0.15, 0.2) is 47.6 Å². The number of methoxy groups -OCH3 is 1. The van der Waals surface area contributed by atoms with E-state index in [-0.39, 0.29) is 16.9 Å². The van der Waals surface area contributed by atoms with Gasteiger partial charge < -0.3 is 4.74 Å². The third-order valence-corrected chi connectivity index (χ3v) is 4.59. The Balaban J connectivity index is 2.49. The van der Waals surface area contributed by atoms with Crippen molar-refractivity contribution >= 4 is 10.0 Å². The zero-order valence-corrected chi connectivity index (χ0v) is 13.6. The van der Waals surface area contributed by atoms with Gasteiger partial charge in [0.2, 0.25) is 10.0 Å². The van der Waals surface area contributed by atoms with E-state index >= 15 is 0 Å². The van der Waals surface area contributed by atoms with Crippen LogP contribution >= 0.6 is 0 Å². The molecule has 2 rings (SSSR count). The van der Waals surface area contributed by atoms with Crippen LogP contribution in [0.4, 0.5) is 13.2 Å². The Morgan fingerprint density at radius 1 is 1.28 bits per heavy atom. The van der Waals surface area contributed by atoms with Crippen molar-refractivity contribution in [2.45, 2.75) is 17.1 Å². The Kier molecular flexibility index (Phi) is 5.30. The predicted octanol–water partition coefficient (Wildman–Crippen LogP) is 2.54. The molecule has 10 heteroatoms. The number of aromatic nitrogens is 1. The number of sulfonamides is 1. The van der Waals surface area contributed by atoms with Crippen molar-refractivity contribution in [3.63, 3.8) is 0 Å². The topological polar surface area (TPSA) is 92.1 Å². The van der Waals surface area contributed by atoms with Crippen LogP contribution in [0.3, 0.4) is 0 Å². The lowest BCUT2D eigenvalue weighted by Crippen LogP contribution is -2.38. The molecule has 0 aliphatic heterocycles. The molecule has 132 valence electrons.